The lowest BCUT2D eigenvalue weighted by Crippen LogP contribution is -2.40. The predicted molar refractivity (Wildman–Crippen MR) is 111 cm³/mol. The maximum absolute atomic E-state index is 12.8. The van der Waals surface area contributed by atoms with Crippen LogP contribution >= 0.6 is 10.2 Å². The minimum atomic E-state index is -9.74. The third-order valence-corrected chi connectivity index (χ3v) is 5.84. The number of halogens is 5. The molecule has 5 nitrogen and oxygen atoms in total. The SMILES string of the molecule is CC(C)C(OCc1ccc(S(F)(F)(F)(F)F)cc1)C(=O)N[C@@H](C)c1ccc(C(=O)O)cc1. The van der Waals surface area contributed by atoms with E-state index in [1.807, 2.05) is 0 Å². The summed E-state index contributed by atoms with van der Waals surface area (Å²) in [7, 11) is -9.74. The van der Waals surface area contributed by atoms with Crippen molar-refractivity contribution < 1.29 is 38.9 Å². The Morgan fingerprint density at radius 2 is 1.47 bits per heavy atom. The third kappa shape index (κ3) is 6.92. The Labute approximate surface area is 182 Å². The standard InChI is InChI=1S/C21H24F5NO4S/c1-13(2)19(20(28)27-14(3)16-6-8-17(9-7-16)21(29)30)31-12-15-4-10-18(11-5-15)32(22,23,24,25)26/h4-11,13-14,19H,12H2,1-3H3,(H,27,28)(H,29,30)/t14-,19?/m0/s1. The van der Waals surface area contributed by atoms with Gasteiger partial charge in [-0.2, -0.15) is 0 Å². The molecule has 0 aromatic heterocycles. The van der Waals surface area contributed by atoms with Gasteiger partial charge < -0.3 is 15.2 Å². The molecule has 2 aromatic rings. The first-order valence-electron chi connectivity index (χ1n) is 9.56. The first-order chi connectivity index (χ1) is 14.5. The van der Waals surface area contributed by atoms with Gasteiger partial charge in [0.15, 0.2) is 0 Å². The Bertz CT molecular complexity index is 977. The Morgan fingerprint density at radius 3 is 1.91 bits per heavy atom. The highest BCUT2D eigenvalue weighted by atomic mass is 32.5. The van der Waals surface area contributed by atoms with Gasteiger partial charge in [0.1, 0.15) is 11.0 Å². The number of carbonyl (C=O) groups is 2. The van der Waals surface area contributed by atoms with Crippen molar-refractivity contribution >= 4 is 22.1 Å². The van der Waals surface area contributed by atoms with Crippen LogP contribution in [-0.4, -0.2) is 23.1 Å². The Balaban J connectivity index is 2.04. The average Bonchev–Trinajstić information content (AvgIpc) is 2.66. The smallest absolute Gasteiger partial charge is 0.335 e. The normalized spacial score (nSPS) is 16.0. The van der Waals surface area contributed by atoms with Gasteiger partial charge >= 0.3 is 16.2 Å². The summed E-state index contributed by atoms with van der Waals surface area (Å²) in [5, 5.41) is 11.7. The van der Waals surface area contributed by atoms with Crippen LogP contribution in [0.4, 0.5) is 19.4 Å². The number of carbonyl (C=O) groups excluding carboxylic acids is 1. The molecule has 2 aromatic carbocycles. The van der Waals surface area contributed by atoms with Crippen molar-refractivity contribution in [2.75, 3.05) is 0 Å². The molecule has 2 N–H and O–H groups in total. The zero-order valence-corrected chi connectivity index (χ0v) is 18.3. The number of aromatic carboxylic acids is 1. The van der Waals surface area contributed by atoms with Crippen LogP contribution in [0.15, 0.2) is 53.4 Å². The van der Waals surface area contributed by atoms with Crippen molar-refractivity contribution in [1.29, 1.82) is 0 Å². The van der Waals surface area contributed by atoms with Gasteiger partial charge in [-0.1, -0.05) is 57.5 Å². The number of hydrogen-bond donors (Lipinski definition) is 2. The van der Waals surface area contributed by atoms with Crippen molar-refractivity contribution in [1.82, 2.24) is 5.32 Å². The number of carboxylic acids is 1. The molecule has 0 aliphatic heterocycles. The molecule has 0 aliphatic carbocycles. The predicted octanol–water partition coefficient (Wildman–Crippen LogP) is 6.46. The average molecular weight is 481 g/mol. The molecule has 0 fully saturated rings. The number of ether oxygens (including phenoxy) is 1. The summed E-state index contributed by atoms with van der Waals surface area (Å²) in [6.07, 6.45) is -0.953. The van der Waals surface area contributed by atoms with Crippen molar-refractivity contribution in [2.24, 2.45) is 5.92 Å². The van der Waals surface area contributed by atoms with Crippen LogP contribution < -0.4 is 5.32 Å². The molecule has 1 unspecified atom stereocenters. The zero-order valence-electron chi connectivity index (χ0n) is 17.5. The summed E-state index contributed by atoms with van der Waals surface area (Å²) in [5.74, 6) is -1.84. The van der Waals surface area contributed by atoms with Gasteiger partial charge in [0.05, 0.1) is 18.2 Å². The molecule has 0 radical (unpaired) electrons. The van der Waals surface area contributed by atoms with E-state index in [9.17, 15) is 29.0 Å². The molecule has 2 rings (SSSR count). The maximum Gasteiger partial charge on any atom is 0.335 e. The van der Waals surface area contributed by atoms with Gasteiger partial charge in [-0.3, -0.25) is 4.79 Å². The summed E-state index contributed by atoms with van der Waals surface area (Å²) < 4.78 is 69.6. The maximum atomic E-state index is 12.8. The van der Waals surface area contributed by atoms with Crippen LogP contribution in [0.2, 0.25) is 0 Å². The minimum Gasteiger partial charge on any atom is -0.478 e. The number of rotatable bonds is 9. The van der Waals surface area contributed by atoms with E-state index in [1.165, 1.54) is 12.1 Å². The summed E-state index contributed by atoms with van der Waals surface area (Å²) in [4.78, 5) is 21.6. The van der Waals surface area contributed by atoms with Crippen LogP contribution in [0, 0.1) is 5.92 Å². The van der Waals surface area contributed by atoms with Gasteiger partial charge in [-0.15, -0.1) is 0 Å². The van der Waals surface area contributed by atoms with Crippen molar-refractivity contribution in [2.45, 2.75) is 44.4 Å². The lowest BCUT2D eigenvalue weighted by atomic mass is 10.0. The molecule has 32 heavy (non-hydrogen) atoms. The summed E-state index contributed by atoms with van der Waals surface area (Å²) in [6, 6.07) is 7.86. The Hall–Kier alpha value is -2.66. The van der Waals surface area contributed by atoms with Gasteiger partial charge in [-0.05, 0) is 48.2 Å². The highest BCUT2D eigenvalue weighted by molar-refractivity contribution is 8.45. The second kappa shape index (κ2) is 8.36. The lowest BCUT2D eigenvalue weighted by molar-refractivity contribution is -0.137. The molecule has 0 bridgehead atoms. The van der Waals surface area contributed by atoms with Crippen LogP contribution in [0.3, 0.4) is 0 Å². The minimum absolute atomic E-state index is 0.104. The molecule has 0 heterocycles. The third-order valence-electron chi connectivity index (χ3n) is 4.68. The first-order valence-corrected chi connectivity index (χ1v) is 11.5. The van der Waals surface area contributed by atoms with E-state index in [4.69, 9.17) is 9.84 Å². The van der Waals surface area contributed by atoms with Crippen LogP contribution in [0.25, 0.3) is 0 Å². The largest absolute Gasteiger partial charge is 0.478 e. The summed E-state index contributed by atoms with van der Waals surface area (Å²) in [5.41, 5.74) is 0.968. The van der Waals surface area contributed by atoms with E-state index in [0.717, 1.165) is 12.1 Å². The van der Waals surface area contributed by atoms with E-state index in [-0.39, 0.29) is 23.7 Å². The molecular weight excluding hydrogens is 457 g/mol. The fraction of sp³-hybridized carbons (Fsp3) is 0.333. The number of hydrogen-bond acceptors (Lipinski definition) is 3. The molecule has 1 amide bonds. The van der Waals surface area contributed by atoms with Crippen molar-refractivity contribution in [3.05, 3.63) is 65.2 Å². The van der Waals surface area contributed by atoms with E-state index in [0.29, 0.717) is 17.7 Å². The Kier molecular flexibility index (Phi) is 6.69. The molecular formula is C21H24F5NO4S. The Morgan fingerprint density at radius 1 is 0.938 bits per heavy atom. The molecule has 0 spiro atoms. The fourth-order valence-electron chi connectivity index (χ4n) is 2.89. The highest BCUT2D eigenvalue weighted by Crippen LogP contribution is 3.02. The monoisotopic (exact) mass is 481 g/mol. The van der Waals surface area contributed by atoms with Crippen LogP contribution in [-0.2, 0) is 16.1 Å². The van der Waals surface area contributed by atoms with Crippen LogP contribution in [0.5, 0.6) is 0 Å². The van der Waals surface area contributed by atoms with Gasteiger partial charge in [0.25, 0.3) is 0 Å². The quantitative estimate of drug-likeness (QED) is 0.403. The van der Waals surface area contributed by atoms with E-state index in [1.54, 1.807) is 32.9 Å². The molecule has 2 atom stereocenters. The van der Waals surface area contributed by atoms with E-state index >= 15 is 0 Å². The lowest BCUT2D eigenvalue weighted by Gasteiger charge is -2.40. The first kappa shape index (κ1) is 25.6. The highest BCUT2D eigenvalue weighted by Gasteiger charge is 2.65. The summed E-state index contributed by atoms with van der Waals surface area (Å²) >= 11 is 0. The molecule has 11 heteroatoms. The number of amides is 1. The van der Waals surface area contributed by atoms with E-state index in [2.05, 4.69) is 5.32 Å². The van der Waals surface area contributed by atoms with Crippen molar-refractivity contribution in [3.63, 3.8) is 0 Å². The molecule has 0 saturated carbocycles. The second-order valence-electron chi connectivity index (χ2n) is 7.75. The molecule has 0 saturated heterocycles. The molecule has 178 valence electrons. The van der Waals surface area contributed by atoms with Crippen LogP contribution in [0.1, 0.15) is 48.3 Å². The second-order valence-corrected chi connectivity index (χ2v) is 10.2. The number of nitrogens with one attached hydrogen (secondary N) is 1. The number of benzene rings is 2. The molecule has 0 aliphatic rings. The van der Waals surface area contributed by atoms with Gasteiger partial charge in [-0.25, -0.2) is 4.79 Å². The summed E-state index contributed by atoms with van der Waals surface area (Å²) in [6.45, 7) is 4.88. The van der Waals surface area contributed by atoms with E-state index < -0.39 is 39.1 Å². The van der Waals surface area contributed by atoms with Gasteiger partial charge in [0.2, 0.25) is 5.91 Å². The fourth-order valence-corrected chi connectivity index (χ4v) is 3.54. The number of carboxylic acid groups (broad SMARTS) is 1. The zero-order chi connectivity index (χ0) is 24.4. The van der Waals surface area contributed by atoms with Crippen molar-refractivity contribution in [3.8, 4) is 0 Å². The topological polar surface area (TPSA) is 75.6 Å². The van der Waals surface area contributed by atoms with Gasteiger partial charge in [0, 0.05) is 0 Å².